The lowest BCUT2D eigenvalue weighted by Crippen LogP contribution is -2.28. The second kappa shape index (κ2) is 7.84. The summed E-state index contributed by atoms with van der Waals surface area (Å²) >= 11 is 0. The van der Waals surface area contributed by atoms with Crippen LogP contribution in [0.2, 0.25) is 0 Å². The van der Waals surface area contributed by atoms with Gasteiger partial charge in [-0.1, -0.05) is 48.5 Å². The van der Waals surface area contributed by atoms with Crippen LogP contribution in [0.1, 0.15) is 35.7 Å². The Hall–Kier alpha value is -4.33. The number of hydrogen-bond acceptors (Lipinski definition) is 5. The van der Waals surface area contributed by atoms with Crippen LogP contribution in [0.15, 0.2) is 72.8 Å². The molecule has 0 radical (unpaired) electrons. The van der Waals surface area contributed by atoms with Gasteiger partial charge in [-0.25, -0.2) is 4.98 Å². The number of fused-ring (bicyclic) bond motifs is 2. The third-order valence-corrected chi connectivity index (χ3v) is 6.66. The fraction of sp³-hybridized carbons (Fsp3) is 0.179. The lowest BCUT2D eigenvalue weighted by molar-refractivity contribution is -0.286. The lowest BCUT2D eigenvalue weighted by atomic mass is 9.94. The Kier molecular flexibility index (Phi) is 4.83. The second-order valence-corrected chi connectivity index (χ2v) is 9.08. The number of halogens is 2. The molecule has 1 aliphatic heterocycles. The predicted molar refractivity (Wildman–Crippen MR) is 129 cm³/mol. The molecule has 0 spiro atoms. The maximum Gasteiger partial charge on any atom is 0.586 e. The molecule has 2 aliphatic rings. The van der Waals surface area contributed by atoms with E-state index in [0.29, 0.717) is 35.5 Å². The van der Waals surface area contributed by atoms with Gasteiger partial charge >= 0.3 is 6.29 Å². The highest BCUT2D eigenvalue weighted by Crippen LogP contribution is 2.52. The van der Waals surface area contributed by atoms with E-state index in [0.717, 1.165) is 16.3 Å². The average Bonchev–Trinajstić information content (AvgIpc) is 3.60. The van der Waals surface area contributed by atoms with E-state index in [9.17, 15) is 18.4 Å². The molecule has 1 aromatic heterocycles. The average molecular weight is 486 g/mol. The number of carbonyl (C=O) groups excluding carboxylic acids is 2. The SMILES string of the molecule is CC(=O)c1cccc(-c2nc(NC(=O)C3(c4ccc5c(c4)OC(F)(F)O5)CC3)cc3ccccc23)c1. The Morgan fingerprint density at radius 3 is 2.47 bits per heavy atom. The summed E-state index contributed by atoms with van der Waals surface area (Å²) in [6.45, 7) is 1.51. The van der Waals surface area contributed by atoms with Gasteiger partial charge in [-0.15, -0.1) is 8.78 Å². The highest BCUT2D eigenvalue weighted by molar-refractivity contribution is 6.04. The number of hydrogen-bond donors (Lipinski definition) is 1. The number of Topliss-reactive ketones (excluding diaryl/α,β-unsaturated/α-hetero) is 1. The van der Waals surface area contributed by atoms with Crippen LogP contribution in [0.5, 0.6) is 11.5 Å². The molecule has 0 atom stereocenters. The number of alkyl halides is 2. The zero-order chi connectivity index (χ0) is 25.1. The van der Waals surface area contributed by atoms with Crippen molar-refractivity contribution in [3.05, 3.63) is 83.9 Å². The van der Waals surface area contributed by atoms with Crippen molar-refractivity contribution < 1.29 is 27.8 Å². The fourth-order valence-corrected chi connectivity index (χ4v) is 4.62. The monoisotopic (exact) mass is 486 g/mol. The van der Waals surface area contributed by atoms with Crippen molar-refractivity contribution in [3.8, 4) is 22.8 Å². The molecule has 1 amide bonds. The molecule has 6 rings (SSSR count). The lowest BCUT2D eigenvalue weighted by Gasteiger charge is -2.17. The molecule has 0 unspecified atom stereocenters. The molecule has 2 heterocycles. The highest BCUT2D eigenvalue weighted by atomic mass is 19.3. The molecule has 4 aromatic rings. The number of nitrogens with one attached hydrogen (secondary N) is 1. The Labute approximate surface area is 204 Å². The van der Waals surface area contributed by atoms with Crippen LogP contribution in [0.3, 0.4) is 0 Å². The van der Waals surface area contributed by atoms with Gasteiger partial charge in [-0.3, -0.25) is 9.59 Å². The summed E-state index contributed by atoms with van der Waals surface area (Å²) < 4.78 is 35.9. The maximum atomic E-state index is 13.5. The van der Waals surface area contributed by atoms with Crippen molar-refractivity contribution in [2.45, 2.75) is 31.5 Å². The summed E-state index contributed by atoms with van der Waals surface area (Å²) in [6.07, 6.45) is -2.59. The van der Waals surface area contributed by atoms with Gasteiger partial charge in [-0.05, 0) is 55.0 Å². The summed E-state index contributed by atoms with van der Waals surface area (Å²) in [5, 5.41) is 4.69. The molecular weight excluding hydrogens is 466 g/mol. The standard InChI is InChI=1S/C28H20F2N2O4/c1-16(33)17-6-4-7-19(13-17)25-21-8-3-2-5-18(21)14-24(31-25)32-26(34)27(11-12-27)20-9-10-22-23(15-20)36-28(29,30)35-22/h2-10,13-15H,11-12H2,1H3,(H,31,32,34). The van der Waals surface area contributed by atoms with Gasteiger partial charge < -0.3 is 14.8 Å². The van der Waals surface area contributed by atoms with Crippen LogP contribution in [0, 0.1) is 0 Å². The Morgan fingerprint density at radius 2 is 1.69 bits per heavy atom. The van der Waals surface area contributed by atoms with Crippen LogP contribution in [0.25, 0.3) is 22.0 Å². The predicted octanol–water partition coefficient (Wildman–Crippen LogP) is 6.10. The van der Waals surface area contributed by atoms with E-state index in [-0.39, 0.29) is 23.2 Å². The van der Waals surface area contributed by atoms with Crippen molar-refractivity contribution in [2.24, 2.45) is 0 Å². The van der Waals surface area contributed by atoms with E-state index in [1.807, 2.05) is 30.3 Å². The molecular formula is C28H20F2N2O4. The van der Waals surface area contributed by atoms with E-state index in [2.05, 4.69) is 14.8 Å². The molecule has 3 aromatic carbocycles. The van der Waals surface area contributed by atoms with Crippen LogP contribution in [-0.4, -0.2) is 23.0 Å². The Balaban J connectivity index is 1.35. The van der Waals surface area contributed by atoms with Gasteiger partial charge in [0.2, 0.25) is 5.91 Å². The molecule has 36 heavy (non-hydrogen) atoms. The first-order valence-corrected chi connectivity index (χ1v) is 11.5. The van der Waals surface area contributed by atoms with Gasteiger partial charge in [0.25, 0.3) is 0 Å². The third-order valence-electron chi connectivity index (χ3n) is 6.66. The number of anilines is 1. The maximum absolute atomic E-state index is 13.5. The highest BCUT2D eigenvalue weighted by Gasteiger charge is 2.53. The minimum Gasteiger partial charge on any atom is -0.395 e. The summed E-state index contributed by atoms with van der Waals surface area (Å²) in [7, 11) is 0. The quantitative estimate of drug-likeness (QED) is 0.345. The summed E-state index contributed by atoms with van der Waals surface area (Å²) in [5.41, 5.74) is 1.68. The molecule has 6 nitrogen and oxygen atoms in total. The van der Waals surface area contributed by atoms with Gasteiger partial charge in [0.15, 0.2) is 17.3 Å². The van der Waals surface area contributed by atoms with Crippen molar-refractivity contribution in [1.29, 1.82) is 0 Å². The normalized spacial score (nSPS) is 16.5. The van der Waals surface area contributed by atoms with E-state index in [1.165, 1.54) is 19.1 Å². The van der Waals surface area contributed by atoms with Crippen molar-refractivity contribution >= 4 is 28.3 Å². The number of ketones is 1. The van der Waals surface area contributed by atoms with Crippen LogP contribution in [-0.2, 0) is 10.2 Å². The molecule has 1 aliphatic carbocycles. The first kappa shape index (κ1) is 22.2. The van der Waals surface area contributed by atoms with E-state index in [1.54, 1.807) is 30.3 Å². The fourth-order valence-electron chi connectivity index (χ4n) is 4.62. The van der Waals surface area contributed by atoms with Gasteiger partial charge in [0.1, 0.15) is 5.82 Å². The zero-order valence-corrected chi connectivity index (χ0v) is 19.2. The second-order valence-electron chi connectivity index (χ2n) is 9.08. The third kappa shape index (κ3) is 3.75. The molecule has 180 valence electrons. The van der Waals surface area contributed by atoms with Gasteiger partial charge in [-0.2, -0.15) is 0 Å². The number of rotatable bonds is 5. The summed E-state index contributed by atoms with van der Waals surface area (Å²) in [5.74, 6) is -0.121. The first-order valence-electron chi connectivity index (χ1n) is 11.5. The smallest absolute Gasteiger partial charge is 0.395 e. The molecule has 1 fully saturated rings. The van der Waals surface area contributed by atoms with E-state index >= 15 is 0 Å². The number of benzene rings is 3. The minimum atomic E-state index is -3.72. The zero-order valence-electron chi connectivity index (χ0n) is 19.2. The largest absolute Gasteiger partial charge is 0.586 e. The number of aromatic nitrogens is 1. The van der Waals surface area contributed by atoms with Crippen LogP contribution >= 0.6 is 0 Å². The van der Waals surface area contributed by atoms with Crippen molar-refractivity contribution in [2.75, 3.05) is 5.32 Å². The first-order chi connectivity index (χ1) is 17.2. The number of ether oxygens (including phenoxy) is 2. The Morgan fingerprint density at radius 1 is 0.917 bits per heavy atom. The van der Waals surface area contributed by atoms with Crippen molar-refractivity contribution in [1.82, 2.24) is 4.98 Å². The number of amides is 1. The summed E-state index contributed by atoms with van der Waals surface area (Å²) in [6, 6.07) is 21.1. The van der Waals surface area contributed by atoms with Gasteiger partial charge in [0.05, 0.1) is 11.1 Å². The number of pyridine rings is 1. The van der Waals surface area contributed by atoms with E-state index in [4.69, 9.17) is 4.98 Å². The minimum absolute atomic E-state index is 0.0530. The molecule has 0 saturated heterocycles. The number of nitrogens with zero attached hydrogens (tertiary/aromatic N) is 1. The number of carbonyl (C=O) groups is 2. The molecule has 8 heteroatoms. The topological polar surface area (TPSA) is 77.5 Å². The molecule has 1 N–H and O–H groups in total. The van der Waals surface area contributed by atoms with Crippen LogP contribution < -0.4 is 14.8 Å². The Bertz CT molecular complexity index is 1560. The molecule has 1 saturated carbocycles. The van der Waals surface area contributed by atoms with Crippen molar-refractivity contribution in [3.63, 3.8) is 0 Å². The summed E-state index contributed by atoms with van der Waals surface area (Å²) in [4.78, 5) is 30.1. The van der Waals surface area contributed by atoms with Gasteiger partial charge in [0, 0.05) is 16.5 Å². The molecule has 0 bridgehead atoms. The van der Waals surface area contributed by atoms with E-state index < -0.39 is 11.7 Å². The van der Waals surface area contributed by atoms with Crippen LogP contribution in [0.4, 0.5) is 14.6 Å².